The van der Waals surface area contributed by atoms with Gasteiger partial charge in [0, 0.05) is 6.20 Å². The van der Waals surface area contributed by atoms with Crippen molar-refractivity contribution >= 4 is 5.97 Å². The van der Waals surface area contributed by atoms with Crippen LogP contribution in [-0.4, -0.2) is 22.1 Å². The SMILES string of the molecule is CCOC(=O)Cn1cc(C(F)(F)F)c(=O)[nH]c1=O. The van der Waals surface area contributed by atoms with E-state index in [9.17, 15) is 27.6 Å². The van der Waals surface area contributed by atoms with Crippen LogP contribution in [0.4, 0.5) is 13.2 Å². The minimum Gasteiger partial charge on any atom is -0.465 e. The number of alkyl halides is 3. The summed E-state index contributed by atoms with van der Waals surface area (Å²) in [5.41, 5.74) is -4.21. The van der Waals surface area contributed by atoms with Crippen molar-refractivity contribution in [3.63, 3.8) is 0 Å². The van der Waals surface area contributed by atoms with Gasteiger partial charge in [0.1, 0.15) is 12.1 Å². The van der Waals surface area contributed by atoms with Crippen molar-refractivity contribution in [2.24, 2.45) is 0 Å². The molecule has 1 heterocycles. The summed E-state index contributed by atoms with van der Waals surface area (Å²) in [6.07, 6.45) is -4.62. The molecule has 0 aliphatic heterocycles. The first-order valence-corrected chi connectivity index (χ1v) is 4.82. The Balaban J connectivity index is 3.18. The molecule has 0 unspecified atom stereocenters. The van der Waals surface area contributed by atoms with Gasteiger partial charge in [0.05, 0.1) is 6.61 Å². The quantitative estimate of drug-likeness (QED) is 0.788. The highest BCUT2D eigenvalue weighted by atomic mass is 19.4. The molecular weight excluding hydrogens is 257 g/mol. The van der Waals surface area contributed by atoms with Crippen LogP contribution in [0.1, 0.15) is 12.5 Å². The van der Waals surface area contributed by atoms with E-state index >= 15 is 0 Å². The minimum absolute atomic E-state index is 0.0308. The van der Waals surface area contributed by atoms with Crippen LogP contribution in [0.5, 0.6) is 0 Å². The number of aromatic nitrogens is 2. The summed E-state index contributed by atoms with van der Waals surface area (Å²) in [5.74, 6) is -0.875. The molecule has 0 amide bonds. The Bertz CT molecular complexity index is 558. The minimum atomic E-state index is -4.91. The van der Waals surface area contributed by atoms with Gasteiger partial charge < -0.3 is 4.74 Å². The van der Waals surface area contributed by atoms with Crippen LogP contribution in [0.2, 0.25) is 0 Å². The van der Waals surface area contributed by atoms with Gasteiger partial charge in [0.15, 0.2) is 0 Å². The van der Waals surface area contributed by atoms with E-state index < -0.39 is 35.5 Å². The highest BCUT2D eigenvalue weighted by molar-refractivity contribution is 5.69. The molecule has 0 aliphatic rings. The maximum absolute atomic E-state index is 12.4. The number of carbonyl (C=O) groups is 1. The maximum atomic E-state index is 12.4. The summed E-state index contributed by atoms with van der Waals surface area (Å²) in [6.45, 7) is 0.838. The van der Waals surface area contributed by atoms with Gasteiger partial charge in [0.25, 0.3) is 5.56 Å². The number of aromatic amines is 1. The first-order chi connectivity index (χ1) is 8.25. The van der Waals surface area contributed by atoms with Gasteiger partial charge >= 0.3 is 17.8 Å². The van der Waals surface area contributed by atoms with Crippen molar-refractivity contribution in [1.82, 2.24) is 9.55 Å². The van der Waals surface area contributed by atoms with Crippen LogP contribution in [0.3, 0.4) is 0 Å². The van der Waals surface area contributed by atoms with Gasteiger partial charge in [-0.3, -0.25) is 19.1 Å². The van der Waals surface area contributed by atoms with E-state index in [-0.39, 0.29) is 12.8 Å². The molecule has 1 aromatic heterocycles. The number of esters is 1. The molecule has 6 nitrogen and oxygen atoms in total. The summed E-state index contributed by atoms with van der Waals surface area (Å²) in [6, 6.07) is 0. The van der Waals surface area contributed by atoms with Crippen LogP contribution in [0.15, 0.2) is 15.8 Å². The Morgan fingerprint density at radius 3 is 2.56 bits per heavy atom. The molecule has 1 N–H and O–H groups in total. The molecule has 1 rings (SSSR count). The zero-order valence-electron chi connectivity index (χ0n) is 9.21. The standard InChI is InChI=1S/C9H9F3N2O4/c1-2-18-6(15)4-14-3-5(9(10,11)12)7(16)13-8(14)17/h3H,2,4H2,1H3,(H,13,16,17). The normalized spacial score (nSPS) is 11.3. The zero-order valence-corrected chi connectivity index (χ0v) is 9.21. The van der Waals surface area contributed by atoms with Crippen molar-refractivity contribution < 1.29 is 22.7 Å². The van der Waals surface area contributed by atoms with Crippen molar-refractivity contribution in [2.75, 3.05) is 6.61 Å². The number of ether oxygens (including phenoxy) is 1. The summed E-state index contributed by atoms with van der Waals surface area (Å²) in [4.78, 5) is 34.7. The maximum Gasteiger partial charge on any atom is 0.423 e. The van der Waals surface area contributed by atoms with Crippen molar-refractivity contribution in [3.8, 4) is 0 Å². The van der Waals surface area contributed by atoms with Crippen molar-refractivity contribution in [3.05, 3.63) is 32.6 Å². The molecule has 0 spiro atoms. The fourth-order valence-electron chi connectivity index (χ4n) is 1.17. The zero-order chi connectivity index (χ0) is 13.9. The topological polar surface area (TPSA) is 81.2 Å². The van der Waals surface area contributed by atoms with Gasteiger partial charge in [-0.1, -0.05) is 0 Å². The van der Waals surface area contributed by atoms with E-state index in [0.29, 0.717) is 4.57 Å². The summed E-state index contributed by atoms with van der Waals surface area (Å²) < 4.78 is 42.1. The van der Waals surface area contributed by atoms with Gasteiger partial charge in [0.2, 0.25) is 0 Å². The first kappa shape index (κ1) is 14.0. The van der Waals surface area contributed by atoms with Crippen molar-refractivity contribution in [1.29, 1.82) is 0 Å². The van der Waals surface area contributed by atoms with Crippen LogP contribution >= 0.6 is 0 Å². The largest absolute Gasteiger partial charge is 0.465 e. The lowest BCUT2D eigenvalue weighted by molar-refractivity contribution is -0.145. The predicted molar refractivity (Wildman–Crippen MR) is 53.0 cm³/mol. The Morgan fingerprint density at radius 1 is 1.44 bits per heavy atom. The second-order valence-corrected chi connectivity index (χ2v) is 3.23. The van der Waals surface area contributed by atoms with Crippen LogP contribution < -0.4 is 11.2 Å². The van der Waals surface area contributed by atoms with E-state index in [4.69, 9.17) is 0 Å². The number of hydrogen-bond acceptors (Lipinski definition) is 4. The Hall–Kier alpha value is -2.06. The lowest BCUT2D eigenvalue weighted by Gasteiger charge is -2.09. The lowest BCUT2D eigenvalue weighted by atomic mass is 10.3. The average molecular weight is 266 g/mol. The molecule has 100 valence electrons. The van der Waals surface area contributed by atoms with E-state index in [0.717, 1.165) is 0 Å². The van der Waals surface area contributed by atoms with Crippen LogP contribution in [0, 0.1) is 0 Å². The molecule has 0 radical (unpaired) electrons. The monoisotopic (exact) mass is 266 g/mol. The summed E-state index contributed by atoms with van der Waals surface area (Å²) >= 11 is 0. The number of carbonyl (C=O) groups excluding carboxylic acids is 1. The molecule has 0 atom stereocenters. The van der Waals surface area contributed by atoms with E-state index in [1.54, 1.807) is 0 Å². The highest BCUT2D eigenvalue weighted by Crippen LogP contribution is 2.25. The first-order valence-electron chi connectivity index (χ1n) is 4.82. The number of halogens is 3. The molecule has 18 heavy (non-hydrogen) atoms. The average Bonchev–Trinajstić information content (AvgIpc) is 2.20. The molecule has 0 fully saturated rings. The summed E-state index contributed by atoms with van der Waals surface area (Å²) in [7, 11) is 0. The molecule has 0 bridgehead atoms. The molecule has 9 heteroatoms. The molecular formula is C9H9F3N2O4. The highest BCUT2D eigenvalue weighted by Gasteiger charge is 2.35. The van der Waals surface area contributed by atoms with Gasteiger partial charge in [-0.05, 0) is 6.92 Å². The number of H-pyrrole nitrogens is 1. The fourth-order valence-corrected chi connectivity index (χ4v) is 1.17. The Morgan fingerprint density at radius 2 is 2.06 bits per heavy atom. The summed E-state index contributed by atoms with van der Waals surface area (Å²) in [5, 5.41) is 0. The molecule has 0 aliphatic carbocycles. The van der Waals surface area contributed by atoms with E-state index in [2.05, 4.69) is 4.74 Å². The van der Waals surface area contributed by atoms with Crippen molar-refractivity contribution in [2.45, 2.75) is 19.6 Å². The molecule has 0 saturated heterocycles. The molecule has 0 saturated carbocycles. The number of nitrogens with one attached hydrogen (secondary N) is 1. The van der Waals surface area contributed by atoms with E-state index in [1.165, 1.54) is 11.9 Å². The third kappa shape index (κ3) is 3.22. The lowest BCUT2D eigenvalue weighted by Crippen LogP contribution is -2.36. The molecule has 1 aromatic rings. The third-order valence-electron chi connectivity index (χ3n) is 1.92. The van der Waals surface area contributed by atoms with E-state index in [1.807, 2.05) is 0 Å². The fraction of sp³-hybridized carbons (Fsp3) is 0.444. The van der Waals surface area contributed by atoms with Gasteiger partial charge in [-0.15, -0.1) is 0 Å². The Labute approximate surface area is 98.0 Å². The predicted octanol–water partition coefficient (Wildman–Crippen LogP) is 0.119. The second kappa shape index (κ2) is 5.07. The molecule has 0 aromatic carbocycles. The van der Waals surface area contributed by atoms with Crippen LogP contribution in [-0.2, 0) is 22.3 Å². The van der Waals surface area contributed by atoms with Gasteiger partial charge in [-0.2, -0.15) is 13.2 Å². The number of hydrogen-bond donors (Lipinski definition) is 1. The van der Waals surface area contributed by atoms with Crippen LogP contribution in [0.25, 0.3) is 0 Å². The van der Waals surface area contributed by atoms with Gasteiger partial charge in [-0.25, -0.2) is 4.79 Å². The second-order valence-electron chi connectivity index (χ2n) is 3.23. The number of rotatable bonds is 3. The third-order valence-corrected chi connectivity index (χ3v) is 1.92. The Kier molecular flexibility index (Phi) is 3.94. The number of nitrogens with zero attached hydrogens (tertiary/aromatic N) is 1. The smallest absolute Gasteiger partial charge is 0.423 e.